The number of aromatic amines is 1. The Kier molecular flexibility index (Phi) is 7.18. The number of amides is 2. The molecule has 3 heterocycles. The molecule has 1 unspecified atom stereocenters. The fourth-order valence-electron chi connectivity index (χ4n) is 4.89. The van der Waals surface area contributed by atoms with Gasteiger partial charge in [0.1, 0.15) is 5.69 Å². The first-order valence-electron chi connectivity index (χ1n) is 11.6. The van der Waals surface area contributed by atoms with Crippen LogP contribution in [0.4, 0.5) is 0 Å². The van der Waals surface area contributed by atoms with Crippen molar-refractivity contribution in [3.8, 4) is 0 Å². The quantitative estimate of drug-likeness (QED) is 0.636. The Morgan fingerprint density at radius 3 is 2.65 bits per heavy atom. The zero-order valence-corrected chi connectivity index (χ0v) is 19.1. The van der Waals surface area contributed by atoms with Gasteiger partial charge in [-0.25, -0.2) is 0 Å². The minimum absolute atomic E-state index is 0.0146. The van der Waals surface area contributed by atoms with Crippen molar-refractivity contribution < 1.29 is 9.59 Å². The Bertz CT molecular complexity index is 913. The fourth-order valence-corrected chi connectivity index (χ4v) is 5.07. The molecule has 4 rings (SSSR count). The average Bonchev–Trinajstić information content (AvgIpc) is 3.45. The molecule has 0 bridgehead atoms. The monoisotopic (exact) mass is 444 g/mol. The number of carbonyl (C=O) groups excluding carboxylic acids is 2. The van der Waals surface area contributed by atoms with Crippen LogP contribution >= 0.6 is 11.6 Å². The molecule has 6 nitrogen and oxygen atoms in total. The maximum Gasteiger partial charge on any atom is 0.270 e. The number of fused-ring (bicyclic) bond motifs is 1. The fraction of sp³-hybridized carbons (Fsp3) is 0.583. The molecular weight excluding hydrogens is 412 g/mol. The highest BCUT2D eigenvalue weighted by Gasteiger charge is 2.30. The van der Waals surface area contributed by atoms with E-state index in [-0.39, 0.29) is 17.7 Å². The van der Waals surface area contributed by atoms with Crippen LogP contribution in [0.2, 0.25) is 5.02 Å². The second-order valence-corrected chi connectivity index (χ2v) is 9.46. The lowest BCUT2D eigenvalue weighted by Gasteiger charge is -2.34. The van der Waals surface area contributed by atoms with Gasteiger partial charge in [0, 0.05) is 41.5 Å². The molecule has 0 aliphatic carbocycles. The normalized spacial score (nSPS) is 19.1. The minimum atomic E-state index is -0.0146. The molecule has 2 N–H and O–H groups in total. The van der Waals surface area contributed by atoms with E-state index >= 15 is 0 Å². The van der Waals surface area contributed by atoms with Gasteiger partial charge < -0.3 is 20.1 Å². The van der Waals surface area contributed by atoms with E-state index in [1.54, 1.807) is 0 Å². The predicted molar refractivity (Wildman–Crippen MR) is 124 cm³/mol. The summed E-state index contributed by atoms with van der Waals surface area (Å²) in [7, 11) is 0. The number of aromatic nitrogens is 1. The highest BCUT2D eigenvalue weighted by Crippen LogP contribution is 2.27. The molecule has 2 aliphatic rings. The molecule has 0 saturated carbocycles. The number of H-pyrrole nitrogens is 1. The Morgan fingerprint density at radius 1 is 1.16 bits per heavy atom. The van der Waals surface area contributed by atoms with E-state index in [1.165, 1.54) is 25.9 Å². The summed E-state index contributed by atoms with van der Waals surface area (Å²) in [5.74, 6) is 0.479. The van der Waals surface area contributed by atoms with E-state index in [2.05, 4.69) is 15.2 Å². The molecule has 2 fully saturated rings. The minimum Gasteiger partial charge on any atom is -0.356 e. The summed E-state index contributed by atoms with van der Waals surface area (Å²) in [5.41, 5.74) is 1.51. The summed E-state index contributed by atoms with van der Waals surface area (Å²) >= 11 is 6.05. The molecule has 2 aliphatic heterocycles. The van der Waals surface area contributed by atoms with Crippen LogP contribution in [0.3, 0.4) is 0 Å². The number of piperidine rings is 1. The average molecular weight is 445 g/mol. The van der Waals surface area contributed by atoms with Gasteiger partial charge in [-0.05, 0) is 81.9 Å². The van der Waals surface area contributed by atoms with Gasteiger partial charge in [0.2, 0.25) is 5.91 Å². The first kappa shape index (κ1) is 22.2. The summed E-state index contributed by atoms with van der Waals surface area (Å²) in [6.45, 7) is 7.64. The van der Waals surface area contributed by atoms with Gasteiger partial charge in [0.15, 0.2) is 0 Å². The summed E-state index contributed by atoms with van der Waals surface area (Å²) < 4.78 is 0. The Labute approximate surface area is 189 Å². The van der Waals surface area contributed by atoms with Crippen LogP contribution in [0.5, 0.6) is 0 Å². The van der Waals surface area contributed by atoms with Gasteiger partial charge in [-0.15, -0.1) is 0 Å². The Hall–Kier alpha value is -2.05. The van der Waals surface area contributed by atoms with E-state index in [4.69, 9.17) is 11.6 Å². The standard InChI is InChI=1S/C24H33ClN4O2/c1-17(23(30)26-9-4-12-28-10-2-3-11-28)18-7-13-29(14-8-18)24(31)22-16-19-15-20(25)5-6-21(19)27-22/h5-6,15-18,27H,2-4,7-14H2,1H3,(H,26,30). The van der Waals surface area contributed by atoms with Crippen molar-refractivity contribution in [2.24, 2.45) is 11.8 Å². The molecule has 1 atom stereocenters. The number of hydrogen-bond acceptors (Lipinski definition) is 3. The molecule has 0 spiro atoms. The van der Waals surface area contributed by atoms with Crippen molar-refractivity contribution in [3.05, 3.63) is 35.0 Å². The third kappa shape index (κ3) is 5.42. The third-order valence-corrected chi connectivity index (χ3v) is 7.14. The van der Waals surface area contributed by atoms with Crippen LogP contribution in [0, 0.1) is 11.8 Å². The maximum absolute atomic E-state index is 12.9. The molecule has 168 valence electrons. The number of halogens is 1. The summed E-state index contributed by atoms with van der Waals surface area (Å²) in [4.78, 5) is 33.1. The predicted octanol–water partition coefficient (Wildman–Crippen LogP) is 3.91. The molecule has 1 aromatic heterocycles. The van der Waals surface area contributed by atoms with E-state index < -0.39 is 0 Å². The van der Waals surface area contributed by atoms with Crippen molar-refractivity contribution in [1.82, 2.24) is 20.1 Å². The molecule has 2 aromatic rings. The lowest BCUT2D eigenvalue weighted by Crippen LogP contribution is -2.43. The van der Waals surface area contributed by atoms with Gasteiger partial charge in [-0.1, -0.05) is 18.5 Å². The number of nitrogens with one attached hydrogen (secondary N) is 2. The second-order valence-electron chi connectivity index (χ2n) is 9.03. The van der Waals surface area contributed by atoms with E-state index in [9.17, 15) is 9.59 Å². The zero-order chi connectivity index (χ0) is 21.8. The molecule has 31 heavy (non-hydrogen) atoms. The smallest absolute Gasteiger partial charge is 0.270 e. The number of likely N-dealkylation sites (tertiary alicyclic amines) is 2. The zero-order valence-electron chi connectivity index (χ0n) is 18.3. The van der Waals surface area contributed by atoms with Crippen LogP contribution in [-0.2, 0) is 4.79 Å². The van der Waals surface area contributed by atoms with E-state index in [0.717, 1.165) is 43.3 Å². The lowest BCUT2D eigenvalue weighted by molar-refractivity contribution is -0.126. The lowest BCUT2D eigenvalue weighted by atomic mass is 9.84. The van der Waals surface area contributed by atoms with Crippen LogP contribution in [0.1, 0.15) is 49.5 Å². The second kappa shape index (κ2) is 10.0. The van der Waals surface area contributed by atoms with Crippen LogP contribution in [0.15, 0.2) is 24.3 Å². The Balaban J connectivity index is 1.22. The highest BCUT2D eigenvalue weighted by molar-refractivity contribution is 6.31. The third-order valence-electron chi connectivity index (χ3n) is 6.91. The number of hydrogen-bond donors (Lipinski definition) is 2. The summed E-state index contributed by atoms with van der Waals surface area (Å²) in [6.07, 6.45) is 5.35. The number of carbonyl (C=O) groups is 2. The van der Waals surface area contributed by atoms with Crippen LogP contribution in [0.25, 0.3) is 10.9 Å². The summed E-state index contributed by atoms with van der Waals surface area (Å²) in [6, 6.07) is 7.45. The Morgan fingerprint density at radius 2 is 1.90 bits per heavy atom. The first-order chi connectivity index (χ1) is 15.0. The molecule has 2 saturated heterocycles. The number of nitrogens with zero attached hydrogens (tertiary/aromatic N) is 2. The SMILES string of the molecule is CC(C(=O)NCCCN1CCCC1)C1CCN(C(=O)c2cc3cc(Cl)ccc3[nH]2)CC1. The van der Waals surface area contributed by atoms with E-state index in [0.29, 0.717) is 29.7 Å². The molecule has 0 radical (unpaired) electrons. The molecule has 1 aromatic carbocycles. The van der Waals surface area contributed by atoms with Crippen molar-refractivity contribution in [2.45, 2.75) is 39.0 Å². The van der Waals surface area contributed by atoms with Crippen molar-refractivity contribution in [3.63, 3.8) is 0 Å². The topological polar surface area (TPSA) is 68.4 Å². The van der Waals surface area contributed by atoms with Gasteiger partial charge in [-0.3, -0.25) is 9.59 Å². The highest BCUT2D eigenvalue weighted by atomic mass is 35.5. The largest absolute Gasteiger partial charge is 0.356 e. The van der Waals surface area contributed by atoms with Crippen LogP contribution < -0.4 is 5.32 Å². The maximum atomic E-state index is 12.9. The molecular formula is C24H33ClN4O2. The molecule has 2 amide bonds. The van der Waals surface area contributed by atoms with Gasteiger partial charge in [0.05, 0.1) is 0 Å². The van der Waals surface area contributed by atoms with Crippen molar-refractivity contribution in [2.75, 3.05) is 39.3 Å². The van der Waals surface area contributed by atoms with Gasteiger partial charge >= 0.3 is 0 Å². The van der Waals surface area contributed by atoms with Gasteiger partial charge in [0.25, 0.3) is 5.91 Å². The summed E-state index contributed by atoms with van der Waals surface area (Å²) in [5, 5.41) is 4.73. The number of benzene rings is 1. The van der Waals surface area contributed by atoms with Crippen molar-refractivity contribution in [1.29, 1.82) is 0 Å². The molecule has 7 heteroatoms. The first-order valence-corrected chi connectivity index (χ1v) is 12.0. The van der Waals surface area contributed by atoms with Crippen molar-refractivity contribution >= 4 is 34.3 Å². The van der Waals surface area contributed by atoms with Gasteiger partial charge in [-0.2, -0.15) is 0 Å². The van der Waals surface area contributed by atoms with Crippen LogP contribution in [-0.4, -0.2) is 65.9 Å². The number of rotatable bonds is 7. The van der Waals surface area contributed by atoms with E-state index in [1.807, 2.05) is 36.1 Å².